The lowest BCUT2D eigenvalue weighted by Crippen LogP contribution is -2.20. The third kappa shape index (κ3) is 3.87. The summed E-state index contributed by atoms with van der Waals surface area (Å²) in [6.07, 6.45) is 0. The van der Waals surface area contributed by atoms with Gasteiger partial charge in [-0.1, -0.05) is 0 Å². The van der Waals surface area contributed by atoms with Crippen LogP contribution >= 0.6 is 0 Å². The Morgan fingerprint density at radius 1 is 1.67 bits per heavy atom. The predicted octanol–water partition coefficient (Wildman–Crippen LogP) is -1.58. The Morgan fingerprint density at radius 3 is 1.83 bits per heavy atom. The molecule has 0 aromatic heterocycles. The Labute approximate surface area is 36.5 Å². The van der Waals surface area contributed by atoms with Crippen LogP contribution < -0.4 is 9.86 Å². The molecule has 0 saturated heterocycles. The van der Waals surface area contributed by atoms with E-state index in [9.17, 15) is 8.42 Å². The molecule has 0 spiro atoms. The number of hydrogen-bond donors (Lipinski definition) is 1. The average Bonchev–Trinajstić information content (AvgIpc) is 1.35. The monoisotopic (exact) mass is 109 g/mol. The molecule has 0 aliphatic rings. The molecule has 2 N–H and O–H groups in total. The van der Waals surface area contributed by atoms with E-state index < -0.39 is 10.2 Å². The van der Waals surface area contributed by atoms with Crippen molar-refractivity contribution in [2.45, 2.75) is 0 Å². The Hall–Kier alpha value is -0.130. The maximum absolute atomic E-state index is 9.61. The van der Waals surface area contributed by atoms with Crippen LogP contribution in [-0.4, -0.2) is 15.5 Å². The maximum atomic E-state index is 9.61. The van der Waals surface area contributed by atoms with Crippen molar-refractivity contribution in [1.82, 2.24) is 4.72 Å². The summed E-state index contributed by atoms with van der Waals surface area (Å²) in [5.74, 6) is 0. The van der Waals surface area contributed by atoms with E-state index in [4.69, 9.17) is 0 Å². The van der Waals surface area contributed by atoms with E-state index in [1.807, 2.05) is 0 Å². The van der Waals surface area contributed by atoms with Crippen LogP contribution in [0.3, 0.4) is 0 Å². The quantitative estimate of drug-likeness (QED) is 0.441. The fourth-order valence-corrected chi connectivity index (χ4v) is 0. The highest BCUT2D eigenvalue weighted by Gasteiger charge is 1.91. The second-order valence-electron chi connectivity index (χ2n) is 0.698. The van der Waals surface area contributed by atoms with E-state index in [0.717, 1.165) is 7.05 Å². The summed E-state index contributed by atoms with van der Waals surface area (Å²) in [7, 11) is -2.42. The lowest BCUT2D eigenvalue weighted by atomic mass is 11.6. The molecular weight excluding hydrogens is 104 g/mol. The van der Waals surface area contributed by atoms with Crippen molar-refractivity contribution in [1.29, 1.82) is 0 Å². The SMILES string of the molecule is C[N]S(N)(=O)=O. The van der Waals surface area contributed by atoms with Gasteiger partial charge in [0.05, 0.1) is 0 Å². The zero-order chi connectivity index (χ0) is 5.21. The van der Waals surface area contributed by atoms with E-state index in [2.05, 4.69) is 9.86 Å². The van der Waals surface area contributed by atoms with Gasteiger partial charge < -0.3 is 0 Å². The first-order chi connectivity index (χ1) is 2.56. The summed E-state index contributed by atoms with van der Waals surface area (Å²) in [5, 5.41) is 4.34. The van der Waals surface area contributed by atoms with Crippen molar-refractivity contribution in [3.63, 3.8) is 0 Å². The fourth-order valence-electron chi connectivity index (χ4n) is 0. The van der Waals surface area contributed by atoms with Crippen molar-refractivity contribution < 1.29 is 8.42 Å². The molecule has 0 heterocycles. The standard InChI is InChI=1S/CH5N2O2S/c1-3-6(2,4)5/h1H3,(H2,2,4,5). The third-order valence-corrected chi connectivity index (χ3v) is 0.763. The van der Waals surface area contributed by atoms with Gasteiger partial charge in [-0.05, 0) is 0 Å². The van der Waals surface area contributed by atoms with E-state index in [-0.39, 0.29) is 0 Å². The number of rotatable bonds is 1. The Balaban J connectivity index is 3.85. The molecule has 0 aromatic rings. The molecule has 1 radical (unpaired) electrons. The highest BCUT2D eigenvalue weighted by molar-refractivity contribution is 7.87. The molecule has 0 unspecified atom stereocenters. The highest BCUT2D eigenvalue weighted by atomic mass is 32.2. The second kappa shape index (κ2) is 1.55. The first-order valence-electron chi connectivity index (χ1n) is 1.20. The van der Waals surface area contributed by atoms with Gasteiger partial charge >= 0.3 is 0 Å². The first-order valence-corrected chi connectivity index (χ1v) is 2.70. The molecule has 6 heavy (non-hydrogen) atoms. The summed E-state index contributed by atoms with van der Waals surface area (Å²) in [6, 6.07) is 0. The van der Waals surface area contributed by atoms with Gasteiger partial charge in [-0.25, -0.2) is 5.14 Å². The van der Waals surface area contributed by atoms with Gasteiger partial charge in [-0.2, -0.15) is 8.42 Å². The van der Waals surface area contributed by atoms with Crippen molar-refractivity contribution >= 4 is 10.2 Å². The predicted molar refractivity (Wildman–Crippen MR) is 21.2 cm³/mol. The van der Waals surface area contributed by atoms with E-state index in [0.29, 0.717) is 0 Å². The van der Waals surface area contributed by atoms with Crippen LogP contribution in [0.15, 0.2) is 0 Å². The van der Waals surface area contributed by atoms with Crippen molar-refractivity contribution in [2.75, 3.05) is 7.05 Å². The van der Waals surface area contributed by atoms with Crippen LogP contribution in [0.4, 0.5) is 0 Å². The molecule has 4 nitrogen and oxygen atoms in total. The molecule has 0 atom stereocenters. The smallest absolute Gasteiger partial charge is 0.214 e. The van der Waals surface area contributed by atoms with E-state index >= 15 is 0 Å². The first kappa shape index (κ1) is 5.87. The Kier molecular flexibility index (Phi) is 1.51. The van der Waals surface area contributed by atoms with Crippen molar-refractivity contribution in [2.24, 2.45) is 5.14 Å². The number of nitrogens with zero attached hydrogens (tertiary/aromatic N) is 1. The zero-order valence-corrected chi connectivity index (χ0v) is 4.07. The molecule has 0 aliphatic carbocycles. The zero-order valence-electron chi connectivity index (χ0n) is 3.25. The van der Waals surface area contributed by atoms with Gasteiger partial charge in [0.25, 0.3) is 10.2 Å². The molecule has 0 bridgehead atoms. The molecule has 37 valence electrons. The summed E-state index contributed by atoms with van der Waals surface area (Å²) in [4.78, 5) is 0. The van der Waals surface area contributed by atoms with Gasteiger partial charge in [0.15, 0.2) is 0 Å². The second-order valence-corrected chi connectivity index (χ2v) is 2.09. The lowest BCUT2D eigenvalue weighted by Gasteiger charge is -1.81. The molecule has 0 fully saturated rings. The molecule has 0 rings (SSSR count). The van der Waals surface area contributed by atoms with Gasteiger partial charge in [0.1, 0.15) is 0 Å². The van der Waals surface area contributed by atoms with E-state index in [1.54, 1.807) is 0 Å². The van der Waals surface area contributed by atoms with Crippen LogP contribution in [0.5, 0.6) is 0 Å². The largest absolute Gasteiger partial charge is 0.290 e. The Morgan fingerprint density at radius 2 is 1.83 bits per heavy atom. The lowest BCUT2D eigenvalue weighted by molar-refractivity contribution is 0.589. The topological polar surface area (TPSA) is 74.3 Å². The highest BCUT2D eigenvalue weighted by Crippen LogP contribution is 1.58. The third-order valence-electron chi connectivity index (χ3n) is 0.254. The average molecular weight is 109 g/mol. The van der Waals surface area contributed by atoms with Gasteiger partial charge in [-0.3, -0.25) is 0 Å². The number of hydrogen-bond acceptors (Lipinski definition) is 2. The summed E-state index contributed by atoms with van der Waals surface area (Å²) in [6.45, 7) is 0. The molecule has 0 aliphatic heterocycles. The summed E-state index contributed by atoms with van der Waals surface area (Å²) >= 11 is 0. The minimum atomic E-state index is -3.54. The molecular formula is CH5N2O2S. The Bertz CT molecular complexity index is 114. The minimum Gasteiger partial charge on any atom is -0.214 e. The van der Waals surface area contributed by atoms with Crippen LogP contribution in [0.2, 0.25) is 0 Å². The molecule has 5 heteroatoms. The molecule has 0 saturated carbocycles. The summed E-state index contributed by atoms with van der Waals surface area (Å²) < 4.78 is 22.0. The summed E-state index contributed by atoms with van der Waals surface area (Å²) in [5.41, 5.74) is 0. The fraction of sp³-hybridized carbons (Fsp3) is 1.00. The van der Waals surface area contributed by atoms with Crippen LogP contribution in [0.25, 0.3) is 0 Å². The normalized spacial score (nSPS) is 11.7. The van der Waals surface area contributed by atoms with Gasteiger partial charge in [-0.15, -0.1) is 4.72 Å². The number of nitrogens with two attached hydrogens (primary N) is 1. The van der Waals surface area contributed by atoms with Gasteiger partial charge in [0.2, 0.25) is 0 Å². The van der Waals surface area contributed by atoms with Crippen LogP contribution in [-0.2, 0) is 10.2 Å². The molecule has 0 aromatic carbocycles. The van der Waals surface area contributed by atoms with Crippen LogP contribution in [0, 0.1) is 0 Å². The van der Waals surface area contributed by atoms with Crippen molar-refractivity contribution in [3.05, 3.63) is 0 Å². The van der Waals surface area contributed by atoms with Gasteiger partial charge in [0, 0.05) is 7.05 Å². The molecule has 0 amide bonds. The van der Waals surface area contributed by atoms with Crippen LogP contribution in [0.1, 0.15) is 0 Å². The van der Waals surface area contributed by atoms with E-state index in [1.165, 1.54) is 0 Å². The maximum Gasteiger partial charge on any atom is 0.290 e. The van der Waals surface area contributed by atoms with Crippen molar-refractivity contribution in [3.8, 4) is 0 Å². The minimum absolute atomic E-state index is 1.12.